The molecule has 0 aromatic heterocycles. The van der Waals surface area contributed by atoms with Crippen LogP contribution >= 0.6 is 12.4 Å². The highest BCUT2D eigenvalue weighted by Gasteiger charge is 2.29. The second kappa shape index (κ2) is 10.7. The van der Waals surface area contributed by atoms with E-state index in [-0.39, 0.29) is 36.8 Å². The molecule has 1 unspecified atom stereocenters. The van der Waals surface area contributed by atoms with Gasteiger partial charge in [0.2, 0.25) is 11.8 Å². The first-order chi connectivity index (χ1) is 12.7. The summed E-state index contributed by atoms with van der Waals surface area (Å²) in [6.45, 7) is 5.36. The van der Waals surface area contributed by atoms with Crippen molar-refractivity contribution in [3.63, 3.8) is 0 Å². The monoisotopic (exact) mass is 393 g/mol. The van der Waals surface area contributed by atoms with Crippen LogP contribution in [0.5, 0.6) is 0 Å². The first-order valence-electron chi connectivity index (χ1n) is 10.1. The molecule has 0 bridgehead atoms. The van der Waals surface area contributed by atoms with Crippen LogP contribution in [-0.2, 0) is 16.0 Å². The van der Waals surface area contributed by atoms with E-state index in [1.807, 2.05) is 4.90 Å². The summed E-state index contributed by atoms with van der Waals surface area (Å²) in [6, 6.07) is 8.62. The lowest BCUT2D eigenvalue weighted by atomic mass is 10.0. The Hall–Kier alpha value is -1.59. The number of nitrogens with zero attached hydrogens (tertiary/aromatic N) is 2. The van der Waals surface area contributed by atoms with E-state index in [2.05, 4.69) is 36.5 Å². The number of rotatable bonds is 4. The molecular formula is C21H32ClN3O2. The van der Waals surface area contributed by atoms with Gasteiger partial charge in [-0.05, 0) is 30.4 Å². The number of likely N-dealkylation sites (tertiary alicyclic amines) is 1. The molecule has 6 heteroatoms. The fourth-order valence-corrected chi connectivity index (χ4v) is 3.91. The molecule has 150 valence electrons. The maximum absolute atomic E-state index is 13.0. The van der Waals surface area contributed by atoms with Crippen molar-refractivity contribution in [2.75, 3.05) is 32.7 Å². The second-order valence-corrected chi connectivity index (χ2v) is 7.38. The number of nitrogens with one attached hydrogen (secondary N) is 1. The number of carbonyl (C=O) groups excluding carboxylic acids is 2. The van der Waals surface area contributed by atoms with Gasteiger partial charge in [0.05, 0.1) is 12.6 Å². The van der Waals surface area contributed by atoms with Gasteiger partial charge in [0.25, 0.3) is 0 Å². The van der Waals surface area contributed by atoms with E-state index in [1.54, 1.807) is 4.90 Å². The molecule has 1 N–H and O–H groups in total. The molecule has 2 amide bonds. The van der Waals surface area contributed by atoms with Crippen LogP contribution in [0.4, 0.5) is 0 Å². The molecule has 1 aromatic rings. The number of carbonyl (C=O) groups is 2. The standard InChI is InChI=1S/C21H31N3O2.ClH/c1-2-17-8-10-18(11-9-17)19-15-22-12-14-24(19)21(26)16-23-13-6-4-3-5-7-20(23)25;/h8-11,19,22H,2-7,12-16H2,1H3;1H. The van der Waals surface area contributed by atoms with Crippen molar-refractivity contribution in [1.82, 2.24) is 15.1 Å². The topological polar surface area (TPSA) is 52.7 Å². The van der Waals surface area contributed by atoms with Gasteiger partial charge in [-0.2, -0.15) is 0 Å². The Morgan fingerprint density at radius 2 is 1.85 bits per heavy atom. The second-order valence-electron chi connectivity index (χ2n) is 7.38. The molecule has 2 saturated heterocycles. The minimum Gasteiger partial charge on any atom is -0.333 e. The number of amides is 2. The van der Waals surface area contributed by atoms with E-state index in [4.69, 9.17) is 0 Å². The van der Waals surface area contributed by atoms with Crippen molar-refractivity contribution < 1.29 is 9.59 Å². The SMILES string of the molecule is CCc1ccc(C2CNCCN2C(=O)CN2CCCCCCC2=O)cc1.Cl. The van der Waals surface area contributed by atoms with Gasteiger partial charge in [0.15, 0.2) is 0 Å². The van der Waals surface area contributed by atoms with Crippen molar-refractivity contribution >= 4 is 24.2 Å². The largest absolute Gasteiger partial charge is 0.333 e. The minimum atomic E-state index is 0. The van der Waals surface area contributed by atoms with Gasteiger partial charge in [0.1, 0.15) is 0 Å². The smallest absolute Gasteiger partial charge is 0.242 e. The minimum absolute atomic E-state index is 0. The summed E-state index contributed by atoms with van der Waals surface area (Å²) in [4.78, 5) is 29.1. The Labute approximate surface area is 168 Å². The Morgan fingerprint density at radius 1 is 1.11 bits per heavy atom. The van der Waals surface area contributed by atoms with Gasteiger partial charge in [-0.25, -0.2) is 0 Å². The molecule has 27 heavy (non-hydrogen) atoms. The number of benzene rings is 1. The van der Waals surface area contributed by atoms with E-state index >= 15 is 0 Å². The van der Waals surface area contributed by atoms with Crippen molar-refractivity contribution in [3.8, 4) is 0 Å². The average molecular weight is 394 g/mol. The third-order valence-corrected chi connectivity index (χ3v) is 5.58. The van der Waals surface area contributed by atoms with E-state index in [9.17, 15) is 9.59 Å². The zero-order valence-corrected chi connectivity index (χ0v) is 17.1. The molecule has 3 rings (SSSR count). The number of aryl methyl sites for hydroxylation is 1. The highest BCUT2D eigenvalue weighted by molar-refractivity contribution is 5.85. The van der Waals surface area contributed by atoms with Crippen molar-refractivity contribution in [3.05, 3.63) is 35.4 Å². The number of hydrogen-bond acceptors (Lipinski definition) is 3. The van der Waals surface area contributed by atoms with Gasteiger partial charge in [-0.15, -0.1) is 12.4 Å². The van der Waals surface area contributed by atoms with Crippen LogP contribution in [-0.4, -0.2) is 54.3 Å². The van der Waals surface area contributed by atoms with E-state index in [1.165, 1.54) is 11.1 Å². The highest BCUT2D eigenvalue weighted by Crippen LogP contribution is 2.23. The maximum Gasteiger partial charge on any atom is 0.242 e. The molecular weight excluding hydrogens is 362 g/mol. The van der Waals surface area contributed by atoms with Crippen LogP contribution in [0.1, 0.15) is 56.2 Å². The Balaban J connectivity index is 0.00000261. The molecule has 2 aliphatic heterocycles. The van der Waals surface area contributed by atoms with Crippen molar-refractivity contribution in [2.24, 2.45) is 0 Å². The lowest BCUT2D eigenvalue weighted by Crippen LogP contribution is -2.52. The fourth-order valence-electron chi connectivity index (χ4n) is 3.91. The maximum atomic E-state index is 13.0. The van der Waals surface area contributed by atoms with E-state index in [0.717, 1.165) is 45.2 Å². The van der Waals surface area contributed by atoms with Crippen molar-refractivity contribution in [1.29, 1.82) is 0 Å². The molecule has 0 saturated carbocycles. The zero-order valence-electron chi connectivity index (χ0n) is 16.3. The predicted molar refractivity (Wildman–Crippen MR) is 110 cm³/mol. The molecule has 2 aliphatic rings. The summed E-state index contributed by atoms with van der Waals surface area (Å²) in [7, 11) is 0. The highest BCUT2D eigenvalue weighted by atomic mass is 35.5. The quantitative estimate of drug-likeness (QED) is 0.855. The lowest BCUT2D eigenvalue weighted by Gasteiger charge is -2.38. The molecule has 0 spiro atoms. The zero-order chi connectivity index (χ0) is 18.4. The Bertz CT molecular complexity index is 620. The third kappa shape index (κ3) is 5.69. The average Bonchev–Trinajstić information content (AvgIpc) is 2.67. The van der Waals surface area contributed by atoms with Gasteiger partial charge in [-0.3, -0.25) is 9.59 Å². The number of hydrogen-bond donors (Lipinski definition) is 1. The fraction of sp³-hybridized carbons (Fsp3) is 0.619. The van der Waals surface area contributed by atoms with Crippen LogP contribution < -0.4 is 5.32 Å². The molecule has 0 radical (unpaired) electrons. The van der Waals surface area contributed by atoms with E-state index in [0.29, 0.717) is 19.5 Å². The van der Waals surface area contributed by atoms with Gasteiger partial charge in [-0.1, -0.05) is 44.0 Å². The van der Waals surface area contributed by atoms with Crippen LogP contribution in [0.2, 0.25) is 0 Å². The Kier molecular flexibility index (Phi) is 8.58. The van der Waals surface area contributed by atoms with Gasteiger partial charge >= 0.3 is 0 Å². The molecule has 5 nitrogen and oxygen atoms in total. The normalized spacial score (nSPS) is 21.2. The van der Waals surface area contributed by atoms with Crippen molar-refractivity contribution in [2.45, 2.75) is 51.5 Å². The summed E-state index contributed by atoms with van der Waals surface area (Å²) in [6.07, 6.45) is 5.82. The molecule has 2 fully saturated rings. The number of piperazine rings is 1. The predicted octanol–water partition coefficient (Wildman–Crippen LogP) is 2.94. The summed E-state index contributed by atoms with van der Waals surface area (Å²) in [5.74, 6) is 0.210. The molecule has 2 heterocycles. The summed E-state index contributed by atoms with van der Waals surface area (Å²) >= 11 is 0. The molecule has 1 atom stereocenters. The Morgan fingerprint density at radius 3 is 2.59 bits per heavy atom. The first kappa shape index (κ1) is 21.7. The molecule has 0 aliphatic carbocycles. The number of halogens is 1. The summed E-state index contributed by atoms with van der Waals surface area (Å²) < 4.78 is 0. The van der Waals surface area contributed by atoms with Gasteiger partial charge in [0, 0.05) is 32.6 Å². The van der Waals surface area contributed by atoms with Crippen LogP contribution in [0.3, 0.4) is 0 Å². The first-order valence-corrected chi connectivity index (χ1v) is 10.1. The lowest BCUT2D eigenvalue weighted by molar-refractivity contribution is -0.143. The van der Waals surface area contributed by atoms with Gasteiger partial charge < -0.3 is 15.1 Å². The summed E-state index contributed by atoms with van der Waals surface area (Å²) in [5, 5.41) is 3.40. The van der Waals surface area contributed by atoms with Crippen LogP contribution in [0.15, 0.2) is 24.3 Å². The van der Waals surface area contributed by atoms with Crippen LogP contribution in [0.25, 0.3) is 0 Å². The third-order valence-electron chi connectivity index (χ3n) is 5.58. The summed E-state index contributed by atoms with van der Waals surface area (Å²) in [5.41, 5.74) is 2.48. The molecule has 1 aromatic carbocycles. The van der Waals surface area contributed by atoms with E-state index < -0.39 is 0 Å². The van der Waals surface area contributed by atoms with Crippen LogP contribution in [0, 0.1) is 0 Å².